The molecule has 2 nitrogen and oxygen atoms in total. The maximum atomic E-state index is 4.17. The minimum absolute atomic E-state index is 0.913. The first-order valence-electron chi connectivity index (χ1n) is 3.18. The van der Waals surface area contributed by atoms with E-state index in [1.165, 1.54) is 0 Å². The highest BCUT2D eigenvalue weighted by Crippen LogP contribution is 2.18. The topological polar surface area (TPSA) is 24.9 Å². The van der Waals surface area contributed by atoms with Gasteiger partial charge < -0.3 is 5.32 Å². The first-order valence-corrected chi connectivity index (χ1v) is 4.85. The first kappa shape index (κ1) is 8.01. The normalized spacial score (nSPS) is 9.80. The number of halogens is 1. The van der Waals surface area contributed by atoms with Crippen LogP contribution in [0.2, 0.25) is 0 Å². The Morgan fingerprint density at radius 3 is 3.10 bits per heavy atom. The maximum Gasteiger partial charge on any atom is 0.183 e. The fourth-order valence-corrected chi connectivity index (χ4v) is 1.74. The molecule has 0 saturated carbocycles. The van der Waals surface area contributed by atoms with Gasteiger partial charge in [0.05, 0.1) is 0 Å². The summed E-state index contributed by atoms with van der Waals surface area (Å²) >= 11 is 4.90. The first-order chi connectivity index (χ1) is 4.83. The number of nitrogens with zero attached hydrogens (tertiary/aromatic N) is 1. The predicted molar refractivity (Wildman–Crippen MR) is 48.6 cm³/mol. The summed E-state index contributed by atoms with van der Waals surface area (Å²) in [7, 11) is 0. The van der Waals surface area contributed by atoms with Crippen molar-refractivity contribution in [1.29, 1.82) is 0 Å². The minimum atomic E-state index is 0.913. The van der Waals surface area contributed by atoms with E-state index in [2.05, 4.69) is 33.2 Å². The highest BCUT2D eigenvalue weighted by atomic mass is 79.9. The summed E-state index contributed by atoms with van der Waals surface area (Å²) in [5.74, 6) is 0. The van der Waals surface area contributed by atoms with Crippen LogP contribution in [-0.2, 0) is 0 Å². The molecule has 0 atom stereocenters. The molecule has 0 unspecified atom stereocenters. The second-order valence-electron chi connectivity index (χ2n) is 1.90. The lowest BCUT2D eigenvalue weighted by atomic mass is 10.5. The van der Waals surface area contributed by atoms with E-state index < -0.39 is 0 Å². The summed E-state index contributed by atoms with van der Waals surface area (Å²) in [5.41, 5.74) is 0. The van der Waals surface area contributed by atoms with Gasteiger partial charge in [-0.25, -0.2) is 4.98 Å². The number of hydrogen-bond acceptors (Lipinski definition) is 3. The molecule has 0 aliphatic rings. The smallest absolute Gasteiger partial charge is 0.183 e. The SMILES string of the molecule is CCCNc1nc(Br)cs1. The van der Waals surface area contributed by atoms with Crippen molar-refractivity contribution in [2.24, 2.45) is 0 Å². The highest BCUT2D eigenvalue weighted by Gasteiger charge is 1.95. The molecule has 1 rings (SSSR count). The summed E-state index contributed by atoms with van der Waals surface area (Å²) in [6.07, 6.45) is 1.14. The Hall–Kier alpha value is -0.0900. The Morgan fingerprint density at radius 2 is 2.60 bits per heavy atom. The van der Waals surface area contributed by atoms with Gasteiger partial charge in [-0.15, -0.1) is 11.3 Å². The standard InChI is InChI=1S/C6H9BrN2S/c1-2-3-8-6-9-5(7)4-10-6/h4H,2-3H2,1H3,(H,8,9). The second-order valence-corrected chi connectivity index (χ2v) is 3.57. The van der Waals surface area contributed by atoms with E-state index in [0.29, 0.717) is 0 Å². The molecule has 1 heterocycles. The van der Waals surface area contributed by atoms with Gasteiger partial charge in [0.25, 0.3) is 0 Å². The molecule has 10 heavy (non-hydrogen) atoms. The zero-order valence-electron chi connectivity index (χ0n) is 5.72. The van der Waals surface area contributed by atoms with Gasteiger partial charge in [0, 0.05) is 11.9 Å². The van der Waals surface area contributed by atoms with Gasteiger partial charge in [0.15, 0.2) is 5.13 Å². The lowest BCUT2D eigenvalue weighted by Crippen LogP contribution is -1.98. The van der Waals surface area contributed by atoms with E-state index in [4.69, 9.17) is 0 Å². The van der Waals surface area contributed by atoms with E-state index in [1.54, 1.807) is 11.3 Å². The van der Waals surface area contributed by atoms with Crippen molar-refractivity contribution in [1.82, 2.24) is 4.98 Å². The molecule has 1 aromatic rings. The van der Waals surface area contributed by atoms with Crippen LogP contribution in [0.15, 0.2) is 9.98 Å². The average Bonchev–Trinajstić information content (AvgIpc) is 2.31. The van der Waals surface area contributed by atoms with Gasteiger partial charge in [-0.05, 0) is 22.4 Å². The molecule has 0 radical (unpaired) electrons. The Bertz CT molecular complexity index is 199. The molecule has 0 saturated heterocycles. The number of nitrogens with one attached hydrogen (secondary N) is 1. The molecule has 0 bridgehead atoms. The van der Waals surface area contributed by atoms with E-state index in [1.807, 2.05) is 5.38 Å². The van der Waals surface area contributed by atoms with Crippen LogP contribution in [-0.4, -0.2) is 11.5 Å². The Labute approximate surface area is 72.8 Å². The fraction of sp³-hybridized carbons (Fsp3) is 0.500. The fourth-order valence-electron chi connectivity index (χ4n) is 0.567. The summed E-state index contributed by atoms with van der Waals surface area (Å²) in [6, 6.07) is 0. The van der Waals surface area contributed by atoms with E-state index >= 15 is 0 Å². The molecule has 56 valence electrons. The summed E-state index contributed by atoms with van der Waals surface area (Å²) in [4.78, 5) is 4.17. The van der Waals surface area contributed by atoms with Crippen LogP contribution >= 0.6 is 27.3 Å². The summed E-state index contributed by atoms with van der Waals surface area (Å²) < 4.78 is 0.913. The predicted octanol–water partition coefficient (Wildman–Crippen LogP) is 2.73. The third-order valence-electron chi connectivity index (χ3n) is 1.00. The van der Waals surface area contributed by atoms with Crippen molar-refractivity contribution in [2.45, 2.75) is 13.3 Å². The lowest BCUT2D eigenvalue weighted by molar-refractivity contribution is 0.975. The second kappa shape index (κ2) is 3.93. The number of thiazole rings is 1. The molecule has 0 aliphatic heterocycles. The van der Waals surface area contributed by atoms with E-state index in [9.17, 15) is 0 Å². The van der Waals surface area contributed by atoms with Gasteiger partial charge >= 0.3 is 0 Å². The number of rotatable bonds is 3. The van der Waals surface area contributed by atoms with Gasteiger partial charge in [-0.2, -0.15) is 0 Å². The molecule has 0 aliphatic carbocycles. The molecule has 1 N–H and O–H groups in total. The summed E-state index contributed by atoms with van der Waals surface area (Å²) in [5, 5.41) is 6.16. The van der Waals surface area contributed by atoms with Crippen molar-refractivity contribution in [2.75, 3.05) is 11.9 Å². The Morgan fingerprint density at radius 1 is 1.80 bits per heavy atom. The van der Waals surface area contributed by atoms with Crippen molar-refractivity contribution < 1.29 is 0 Å². The van der Waals surface area contributed by atoms with E-state index in [-0.39, 0.29) is 0 Å². The van der Waals surface area contributed by atoms with Crippen LogP contribution in [0.5, 0.6) is 0 Å². The molecule has 1 aromatic heterocycles. The monoisotopic (exact) mass is 220 g/mol. The van der Waals surface area contributed by atoms with Crippen molar-refractivity contribution >= 4 is 32.4 Å². The quantitative estimate of drug-likeness (QED) is 0.848. The molecular formula is C6H9BrN2S. The minimum Gasteiger partial charge on any atom is -0.362 e. The molecule has 0 amide bonds. The Balaban J connectivity index is 2.42. The van der Waals surface area contributed by atoms with Crippen LogP contribution in [0.3, 0.4) is 0 Å². The number of anilines is 1. The zero-order valence-corrected chi connectivity index (χ0v) is 8.13. The van der Waals surface area contributed by atoms with Crippen molar-refractivity contribution in [3.63, 3.8) is 0 Å². The number of hydrogen-bond donors (Lipinski definition) is 1. The zero-order chi connectivity index (χ0) is 7.40. The average molecular weight is 221 g/mol. The number of aromatic nitrogens is 1. The molecule has 0 aromatic carbocycles. The van der Waals surface area contributed by atoms with Crippen molar-refractivity contribution in [3.8, 4) is 0 Å². The van der Waals surface area contributed by atoms with Gasteiger partial charge in [-0.1, -0.05) is 6.92 Å². The van der Waals surface area contributed by atoms with Gasteiger partial charge in [-0.3, -0.25) is 0 Å². The van der Waals surface area contributed by atoms with Crippen molar-refractivity contribution in [3.05, 3.63) is 9.98 Å². The molecule has 4 heteroatoms. The van der Waals surface area contributed by atoms with Crippen LogP contribution in [0.4, 0.5) is 5.13 Å². The van der Waals surface area contributed by atoms with Crippen LogP contribution < -0.4 is 5.32 Å². The largest absolute Gasteiger partial charge is 0.362 e. The third-order valence-corrected chi connectivity index (χ3v) is 2.51. The van der Waals surface area contributed by atoms with Gasteiger partial charge in [0.2, 0.25) is 0 Å². The van der Waals surface area contributed by atoms with Gasteiger partial charge in [0.1, 0.15) is 4.60 Å². The molecule has 0 fully saturated rings. The van der Waals surface area contributed by atoms with Crippen LogP contribution in [0, 0.1) is 0 Å². The highest BCUT2D eigenvalue weighted by molar-refractivity contribution is 9.10. The van der Waals surface area contributed by atoms with Crippen LogP contribution in [0.25, 0.3) is 0 Å². The summed E-state index contributed by atoms with van der Waals surface area (Å²) in [6.45, 7) is 3.13. The lowest BCUT2D eigenvalue weighted by Gasteiger charge is -1.95. The van der Waals surface area contributed by atoms with Crippen LogP contribution in [0.1, 0.15) is 13.3 Å². The Kier molecular flexibility index (Phi) is 3.15. The molecular weight excluding hydrogens is 212 g/mol. The van der Waals surface area contributed by atoms with E-state index in [0.717, 1.165) is 22.7 Å². The third kappa shape index (κ3) is 2.27. The molecule has 0 spiro atoms. The maximum absolute atomic E-state index is 4.17.